The molecular weight excluding hydrogens is 561 g/mol. The molecule has 42 heavy (non-hydrogen) atoms. The normalized spacial score (nSPS) is 11.6. The van der Waals surface area contributed by atoms with Crippen LogP contribution in [-0.2, 0) is 11.0 Å². The van der Waals surface area contributed by atoms with Gasteiger partial charge in [0.25, 0.3) is 0 Å². The number of rotatable bonds is 10. The van der Waals surface area contributed by atoms with Crippen molar-refractivity contribution in [3.8, 4) is 17.0 Å². The van der Waals surface area contributed by atoms with Crippen LogP contribution >= 0.6 is 0 Å². The monoisotopic (exact) mass is 589 g/mol. The van der Waals surface area contributed by atoms with E-state index in [2.05, 4.69) is 32.2 Å². The molecule has 2 aromatic heterocycles. The largest absolute Gasteiger partial charge is 0.494 e. The van der Waals surface area contributed by atoms with Gasteiger partial charge < -0.3 is 30.2 Å². The zero-order valence-corrected chi connectivity index (χ0v) is 23.2. The molecule has 3 N–H and O–H groups in total. The van der Waals surface area contributed by atoms with Gasteiger partial charge in [0.15, 0.2) is 5.82 Å². The number of alkyl halides is 3. The van der Waals surface area contributed by atoms with E-state index in [9.17, 15) is 26.7 Å². The van der Waals surface area contributed by atoms with Crippen molar-refractivity contribution in [2.45, 2.75) is 6.18 Å². The highest BCUT2D eigenvalue weighted by Crippen LogP contribution is 2.40. The SMILES string of the molecule is C=CC(=O)Nc1cc(Nc2nccc(-c3c[nH]c4c(F)c(C(F)(F)F)c(F)cc34)n2)c(OC)cc1N(C)CCN(C)C. The molecule has 0 aliphatic heterocycles. The van der Waals surface area contributed by atoms with Gasteiger partial charge in [-0.15, -0.1) is 0 Å². The van der Waals surface area contributed by atoms with Crippen LogP contribution < -0.4 is 20.3 Å². The van der Waals surface area contributed by atoms with Crippen molar-refractivity contribution in [1.82, 2.24) is 19.9 Å². The Morgan fingerprint density at radius 2 is 1.88 bits per heavy atom. The Balaban J connectivity index is 1.73. The Labute approximate surface area is 238 Å². The molecule has 0 saturated heterocycles. The highest BCUT2D eigenvalue weighted by molar-refractivity contribution is 6.02. The molecule has 0 aliphatic carbocycles. The van der Waals surface area contributed by atoms with Crippen molar-refractivity contribution in [3.05, 3.63) is 66.5 Å². The number of hydrogen-bond acceptors (Lipinski definition) is 7. The van der Waals surface area contributed by atoms with Crippen molar-refractivity contribution in [3.63, 3.8) is 0 Å². The summed E-state index contributed by atoms with van der Waals surface area (Å²) in [5.74, 6) is -3.48. The number of nitrogens with zero attached hydrogens (tertiary/aromatic N) is 4. The van der Waals surface area contributed by atoms with E-state index in [0.717, 1.165) is 12.6 Å². The van der Waals surface area contributed by atoms with Gasteiger partial charge in [-0.1, -0.05) is 6.58 Å². The van der Waals surface area contributed by atoms with Crippen LogP contribution in [-0.4, -0.2) is 67.1 Å². The smallest absolute Gasteiger partial charge is 0.422 e. The summed E-state index contributed by atoms with van der Waals surface area (Å²) in [5.41, 5.74) is -0.651. The molecule has 0 aliphatic rings. The average Bonchev–Trinajstić information content (AvgIpc) is 3.35. The predicted octanol–water partition coefficient (Wildman–Crippen LogP) is 5.80. The van der Waals surface area contributed by atoms with E-state index in [1.165, 1.54) is 25.6 Å². The molecule has 4 aromatic rings. The maximum Gasteiger partial charge on any atom is 0.422 e. The van der Waals surface area contributed by atoms with Crippen LogP contribution in [0, 0.1) is 11.6 Å². The summed E-state index contributed by atoms with van der Waals surface area (Å²) in [4.78, 5) is 27.2. The third-order valence-corrected chi connectivity index (χ3v) is 6.39. The molecule has 0 radical (unpaired) electrons. The van der Waals surface area contributed by atoms with Gasteiger partial charge in [-0.2, -0.15) is 13.2 Å². The van der Waals surface area contributed by atoms with E-state index in [0.29, 0.717) is 35.4 Å². The third kappa shape index (κ3) is 6.28. The molecule has 4 rings (SSSR count). The second kappa shape index (κ2) is 12.0. The first-order valence-corrected chi connectivity index (χ1v) is 12.5. The fourth-order valence-electron chi connectivity index (χ4n) is 4.26. The standard InChI is InChI=1S/C28H28F5N7O2/c1-6-23(41)36-19-12-20(22(42-5)13-21(19)40(4)10-9-39(2)3)38-27-34-8-7-18(37-27)16-14-35-26-15(16)11-17(29)24(25(26)30)28(31,32)33/h6-8,11-14,35H,1,9-10H2,2-5H3,(H,36,41)(H,34,37,38). The number of aromatic amines is 1. The Morgan fingerprint density at radius 3 is 2.52 bits per heavy atom. The quantitative estimate of drug-likeness (QED) is 0.159. The first kappa shape index (κ1) is 30.2. The number of halogens is 5. The molecule has 222 valence electrons. The molecule has 2 aromatic carbocycles. The number of carbonyl (C=O) groups is 1. The number of nitrogens with one attached hydrogen (secondary N) is 3. The number of H-pyrrole nitrogens is 1. The maximum absolute atomic E-state index is 14.6. The molecular formula is C28H28F5N7O2. The van der Waals surface area contributed by atoms with Gasteiger partial charge in [0, 0.05) is 49.5 Å². The molecule has 0 bridgehead atoms. The van der Waals surface area contributed by atoms with Crippen molar-refractivity contribution in [2.24, 2.45) is 0 Å². The van der Waals surface area contributed by atoms with Crippen molar-refractivity contribution in [1.29, 1.82) is 0 Å². The first-order chi connectivity index (χ1) is 19.8. The zero-order chi connectivity index (χ0) is 30.8. The van der Waals surface area contributed by atoms with Crippen molar-refractivity contribution >= 4 is 39.8 Å². The Bertz CT molecular complexity index is 1640. The summed E-state index contributed by atoms with van der Waals surface area (Å²) in [6.45, 7) is 4.88. The van der Waals surface area contributed by atoms with Gasteiger partial charge in [0.2, 0.25) is 11.9 Å². The van der Waals surface area contributed by atoms with Crippen LogP contribution in [0.25, 0.3) is 22.2 Å². The van der Waals surface area contributed by atoms with Gasteiger partial charge in [-0.25, -0.2) is 18.7 Å². The minimum absolute atomic E-state index is 0.0442. The average molecular weight is 590 g/mol. The summed E-state index contributed by atoms with van der Waals surface area (Å²) < 4.78 is 74.1. The number of aromatic nitrogens is 3. The lowest BCUT2D eigenvalue weighted by Crippen LogP contribution is -2.29. The molecule has 0 saturated carbocycles. The van der Waals surface area contributed by atoms with Crippen molar-refractivity contribution < 1.29 is 31.5 Å². The van der Waals surface area contributed by atoms with Gasteiger partial charge >= 0.3 is 6.18 Å². The number of fused-ring (bicyclic) bond motifs is 1. The summed E-state index contributed by atoms with van der Waals surface area (Å²) in [7, 11) is 7.22. The van der Waals surface area contributed by atoms with Crippen LogP contribution in [0.5, 0.6) is 5.75 Å². The Hall–Kier alpha value is -4.72. The fraction of sp³-hybridized carbons (Fsp3) is 0.250. The highest BCUT2D eigenvalue weighted by Gasteiger charge is 2.39. The fourth-order valence-corrected chi connectivity index (χ4v) is 4.26. The van der Waals surface area contributed by atoms with Crippen LogP contribution in [0.2, 0.25) is 0 Å². The van der Waals surface area contributed by atoms with Crippen molar-refractivity contribution in [2.75, 3.05) is 56.9 Å². The lowest BCUT2D eigenvalue weighted by molar-refractivity contribution is -0.142. The number of carbonyl (C=O) groups excluding carboxylic acids is 1. The third-order valence-electron chi connectivity index (χ3n) is 6.39. The number of methoxy groups -OCH3 is 1. The van der Waals surface area contributed by atoms with Gasteiger partial charge in [-0.05, 0) is 38.4 Å². The number of amides is 1. The molecule has 2 heterocycles. The van der Waals surface area contributed by atoms with Crippen LogP contribution in [0.15, 0.2) is 49.3 Å². The minimum Gasteiger partial charge on any atom is -0.494 e. The number of benzene rings is 2. The lowest BCUT2D eigenvalue weighted by atomic mass is 10.1. The second-order valence-corrected chi connectivity index (χ2v) is 9.55. The van der Waals surface area contributed by atoms with Crippen LogP contribution in [0.3, 0.4) is 0 Å². The van der Waals surface area contributed by atoms with Crippen LogP contribution in [0.4, 0.5) is 45.0 Å². The van der Waals surface area contributed by atoms with Gasteiger partial charge in [0.05, 0.1) is 35.4 Å². The Kier molecular flexibility index (Phi) is 8.66. The molecule has 0 unspecified atom stereocenters. The predicted molar refractivity (Wildman–Crippen MR) is 151 cm³/mol. The first-order valence-electron chi connectivity index (χ1n) is 12.5. The number of hydrogen-bond donors (Lipinski definition) is 3. The second-order valence-electron chi connectivity index (χ2n) is 9.55. The van der Waals surface area contributed by atoms with E-state index in [1.807, 2.05) is 30.9 Å². The van der Waals surface area contributed by atoms with E-state index in [4.69, 9.17) is 4.74 Å². The summed E-state index contributed by atoms with van der Waals surface area (Å²) in [6, 6.07) is 5.42. The van der Waals surface area contributed by atoms with E-state index < -0.39 is 34.8 Å². The summed E-state index contributed by atoms with van der Waals surface area (Å²) in [6.07, 6.45) is -1.46. The number of ether oxygens (including phenoxy) is 1. The molecule has 0 spiro atoms. The lowest BCUT2D eigenvalue weighted by Gasteiger charge is -2.26. The van der Waals surface area contributed by atoms with Crippen LogP contribution in [0.1, 0.15) is 5.56 Å². The van der Waals surface area contributed by atoms with Gasteiger partial charge in [-0.3, -0.25) is 4.79 Å². The molecule has 0 atom stereocenters. The maximum atomic E-state index is 14.6. The summed E-state index contributed by atoms with van der Waals surface area (Å²) in [5, 5.41) is 5.67. The minimum atomic E-state index is -5.21. The topological polar surface area (TPSA) is 98.4 Å². The van der Waals surface area contributed by atoms with E-state index in [1.54, 1.807) is 12.1 Å². The highest BCUT2D eigenvalue weighted by atomic mass is 19.4. The zero-order valence-electron chi connectivity index (χ0n) is 23.2. The van der Waals surface area contributed by atoms with Gasteiger partial charge in [0.1, 0.15) is 17.1 Å². The number of likely N-dealkylation sites (N-methyl/N-ethyl adjacent to an activating group) is 2. The number of anilines is 4. The molecule has 14 heteroatoms. The summed E-state index contributed by atoms with van der Waals surface area (Å²) >= 11 is 0. The Morgan fingerprint density at radius 1 is 1.14 bits per heavy atom. The molecule has 9 nitrogen and oxygen atoms in total. The van der Waals surface area contributed by atoms with E-state index in [-0.39, 0.29) is 22.6 Å². The molecule has 1 amide bonds. The molecule has 0 fully saturated rings. The van der Waals surface area contributed by atoms with E-state index >= 15 is 0 Å².